The number of nitrogens with one attached hydrogen (secondary N) is 1. The SMILES string of the molecule is CNC(Cc1c(C)nn(C)c1Cl)c1cc(C)cc(Br)c1. The normalized spacial score (nSPS) is 12.7. The van der Waals surface area contributed by atoms with Gasteiger partial charge in [-0.2, -0.15) is 5.10 Å². The van der Waals surface area contributed by atoms with E-state index in [4.69, 9.17) is 11.6 Å². The first-order valence-corrected chi connectivity index (χ1v) is 7.71. The molecule has 1 unspecified atom stereocenters. The lowest BCUT2D eigenvalue weighted by Gasteiger charge is -2.18. The minimum atomic E-state index is 0.214. The Hall–Kier alpha value is -0.840. The largest absolute Gasteiger partial charge is 0.313 e. The summed E-state index contributed by atoms with van der Waals surface area (Å²) in [5, 5.41) is 8.46. The van der Waals surface area contributed by atoms with E-state index in [1.807, 2.05) is 21.0 Å². The Balaban J connectivity index is 2.33. The number of likely N-dealkylation sites (N-methyl/N-ethyl adjacent to an activating group) is 1. The molecule has 5 heteroatoms. The highest BCUT2D eigenvalue weighted by Crippen LogP contribution is 2.27. The standard InChI is InChI=1S/C15H19BrClN3/c1-9-5-11(7-12(16)6-9)14(18-3)8-13-10(2)19-20(4)15(13)17/h5-7,14,18H,8H2,1-4H3. The van der Waals surface area contributed by atoms with Crippen LogP contribution >= 0.6 is 27.5 Å². The minimum absolute atomic E-state index is 0.214. The number of halogens is 2. The van der Waals surface area contributed by atoms with E-state index in [9.17, 15) is 0 Å². The smallest absolute Gasteiger partial charge is 0.130 e. The molecule has 0 spiro atoms. The molecular formula is C15H19BrClN3. The van der Waals surface area contributed by atoms with Crippen LogP contribution in [0, 0.1) is 13.8 Å². The highest BCUT2D eigenvalue weighted by molar-refractivity contribution is 9.10. The van der Waals surface area contributed by atoms with Gasteiger partial charge in [0.1, 0.15) is 5.15 Å². The van der Waals surface area contributed by atoms with E-state index < -0.39 is 0 Å². The van der Waals surface area contributed by atoms with Gasteiger partial charge < -0.3 is 5.32 Å². The van der Waals surface area contributed by atoms with Crippen molar-refractivity contribution in [3.8, 4) is 0 Å². The van der Waals surface area contributed by atoms with Gasteiger partial charge in [0.15, 0.2) is 0 Å². The van der Waals surface area contributed by atoms with Crippen molar-refractivity contribution >= 4 is 27.5 Å². The second kappa shape index (κ2) is 6.29. The topological polar surface area (TPSA) is 29.9 Å². The second-order valence-corrected chi connectivity index (χ2v) is 6.36. The van der Waals surface area contributed by atoms with E-state index in [0.29, 0.717) is 0 Å². The van der Waals surface area contributed by atoms with Gasteiger partial charge in [-0.25, -0.2) is 0 Å². The summed E-state index contributed by atoms with van der Waals surface area (Å²) in [6.45, 7) is 4.10. The van der Waals surface area contributed by atoms with Crippen LogP contribution in [0.3, 0.4) is 0 Å². The Labute approximate surface area is 133 Å². The fourth-order valence-electron chi connectivity index (χ4n) is 2.46. The van der Waals surface area contributed by atoms with Gasteiger partial charge >= 0.3 is 0 Å². The van der Waals surface area contributed by atoms with Crippen LogP contribution in [-0.2, 0) is 13.5 Å². The Bertz CT molecular complexity index is 602. The zero-order valence-electron chi connectivity index (χ0n) is 12.2. The summed E-state index contributed by atoms with van der Waals surface area (Å²) < 4.78 is 2.83. The molecule has 3 nitrogen and oxygen atoms in total. The molecule has 0 saturated carbocycles. The lowest BCUT2D eigenvalue weighted by atomic mass is 9.98. The lowest BCUT2D eigenvalue weighted by Crippen LogP contribution is -2.19. The summed E-state index contributed by atoms with van der Waals surface area (Å²) in [4.78, 5) is 0. The van der Waals surface area contributed by atoms with Gasteiger partial charge in [-0.1, -0.05) is 33.6 Å². The van der Waals surface area contributed by atoms with Crippen molar-refractivity contribution in [2.45, 2.75) is 26.3 Å². The van der Waals surface area contributed by atoms with Gasteiger partial charge in [-0.05, 0) is 50.6 Å². The Morgan fingerprint density at radius 3 is 2.55 bits per heavy atom. The van der Waals surface area contributed by atoms with Crippen molar-refractivity contribution in [2.75, 3.05) is 7.05 Å². The maximum absolute atomic E-state index is 6.33. The molecular weight excluding hydrogens is 338 g/mol. The first kappa shape index (κ1) is 15.5. The molecule has 0 bridgehead atoms. The zero-order valence-corrected chi connectivity index (χ0v) is 14.5. The van der Waals surface area contributed by atoms with Crippen LogP contribution in [0.5, 0.6) is 0 Å². The number of benzene rings is 1. The fraction of sp³-hybridized carbons (Fsp3) is 0.400. The molecule has 0 aliphatic rings. The van der Waals surface area contributed by atoms with Gasteiger partial charge in [-0.15, -0.1) is 0 Å². The Morgan fingerprint density at radius 1 is 1.35 bits per heavy atom. The molecule has 0 saturated heterocycles. The van der Waals surface area contributed by atoms with Gasteiger partial charge in [0.2, 0.25) is 0 Å². The predicted octanol–water partition coefficient (Wildman–Crippen LogP) is 3.96. The van der Waals surface area contributed by atoms with Gasteiger partial charge in [-0.3, -0.25) is 4.68 Å². The summed E-state index contributed by atoms with van der Waals surface area (Å²) in [5.74, 6) is 0. The summed E-state index contributed by atoms with van der Waals surface area (Å²) in [6, 6.07) is 6.67. The zero-order chi connectivity index (χ0) is 14.9. The highest BCUT2D eigenvalue weighted by atomic mass is 79.9. The molecule has 20 heavy (non-hydrogen) atoms. The van der Waals surface area contributed by atoms with Crippen molar-refractivity contribution in [2.24, 2.45) is 7.05 Å². The van der Waals surface area contributed by atoms with Crippen LogP contribution in [-0.4, -0.2) is 16.8 Å². The summed E-state index contributed by atoms with van der Waals surface area (Å²) >= 11 is 9.89. The predicted molar refractivity (Wildman–Crippen MR) is 87.3 cm³/mol. The van der Waals surface area contributed by atoms with E-state index in [2.05, 4.69) is 51.5 Å². The van der Waals surface area contributed by atoms with E-state index in [-0.39, 0.29) is 6.04 Å². The number of aryl methyl sites for hydroxylation is 3. The number of rotatable bonds is 4. The number of hydrogen-bond donors (Lipinski definition) is 1. The third-order valence-electron chi connectivity index (χ3n) is 3.49. The molecule has 0 fully saturated rings. The molecule has 2 aromatic rings. The van der Waals surface area contributed by atoms with Crippen LogP contribution in [0.15, 0.2) is 22.7 Å². The van der Waals surface area contributed by atoms with Crippen molar-refractivity contribution in [3.05, 3.63) is 50.2 Å². The lowest BCUT2D eigenvalue weighted by molar-refractivity contribution is 0.590. The van der Waals surface area contributed by atoms with E-state index in [1.54, 1.807) is 4.68 Å². The average molecular weight is 357 g/mol. The first-order chi connectivity index (χ1) is 9.42. The minimum Gasteiger partial charge on any atom is -0.313 e. The van der Waals surface area contributed by atoms with Crippen molar-refractivity contribution < 1.29 is 0 Å². The van der Waals surface area contributed by atoms with Crippen molar-refractivity contribution in [1.29, 1.82) is 0 Å². The quantitative estimate of drug-likeness (QED) is 0.899. The molecule has 1 aromatic carbocycles. The molecule has 0 aliphatic heterocycles. The third-order valence-corrected chi connectivity index (χ3v) is 4.42. The van der Waals surface area contributed by atoms with Gasteiger partial charge in [0.25, 0.3) is 0 Å². The maximum atomic E-state index is 6.33. The molecule has 1 N–H and O–H groups in total. The van der Waals surface area contributed by atoms with E-state index in [1.165, 1.54) is 11.1 Å². The van der Waals surface area contributed by atoms with E-state index in [0.717, 1.165) is 27.3 Å². The average Bonchev–Trinajstić information content (AvgIpc) is 2.60. The van der Waals surface area contributed by atoms with Crippen molar-refractivity contribution in [1.82, 2.24) is 15.1 Å². The van der Waals surface area contributed by atoms with Crippen LogP contribution < -0.4 is 5.32 Å². The second-order valence-electron chi connectivity index (χ2n) is 5.09. The molecule has 1 heterocycles. The molecule has 1 atom stereocenters. The first-order valence-electron chi connectivity index (χ1n) is 6.54. The molecule has 0 radical (unpaired) electrons. The molecule has 0 amide bonds. The summed E-state index contributed by atoms with van der Waals surface area (Å²) in [6.07, 6.45) is 0.824. The van der Waals surface area contributed by atoms with Crippen LogP contribution in [0.1, 0.15) is 28.4 Å². The Kier molecular flexibility index (Phi) is 4.89. The number of hydrogen-bond acceptors (Lipinski definition) is 2. The molecule has 1 aromatic heterocycles. The highest BCUT2D eigenvalue weighted by Gasteiger charge is 2.18. The van der Waals surface area contributed by atoms with Gasteiger partial charge in [0.05, 0.1) is 5.69 Å². The maximum Gasteiger partial charge on any atom is 0.130 e. The van der Waals surface area contributed by atoms with Crippen molar-refractivity contribution in [3.63, 3.8) is 0 Å². The van der Waals surface area contributed by atoms with Crippen LogP contribution in [0.4, 0.5) is 0 Å². The number of aromatic nitrogens is 2. The molecule has 0 aliphatic carbocycles. The van der Waals surface area contributed by atoms with Gasteiger partial charge in [0, 0.05) is 23.1 Å². The fourth-order valence-corrected chi connectivity index (χ4v) is 3.34. The molecule has 2 rings (SSSR count). The monoisotopic (exact) mass is 355 g/mol. The third kappa shape index (κ3) is 3.25. The van der Waals surface area contributed by atoms with Crippen LogP contribution in [0.2, 0.25) is 5.15 Å². The van der Waals surface area contributed by atoms with Crippen LogP contribution in [0.25, 0.3) is 0 Å². The molecule has 108 valence electrons. The summed E-state index contributed by atoms with van der Waals surface area (Å²) in [7, 11) is 3.84. The Morgan fingerprint density at radius 2 is 2.05 bits per heavy atom. The van der Waals surface area contributed by atoms with E-state index >= 15 is 0 Å². The number of nitrogens with zero attached hydrogens (tertiary/aromatic N) is 2. The summed E-state index contributed by atoms with van der Waals surface area (Å²) in [5.41, 5.74) is 4.58.